The molecule has 0 saturated heterocycles. The Bertz CT molecular complexity index is 1780. The Hall–Kier alpha value is -3.20. The average molecular weight is 770 g/mol. The van der Waals surface area contributed by atoms with Gasteiger partial charge in [0.15, 0.2) is 0 Å². The van der Waals surface area contributed by atoms with Crippen LogP contribution in [0, 0.1) is 21.7 Å². The van der Waals surface area contributed by atoms with Gasteiger partial charge in [-0.2, -0.15) is 10.2 Å². The van der Waals surface area contributed by atoms with Gasteiger partial charge in [-0.3, -0.25) is 0 Å². The molecule has 0 bridgehead atoms. The number of carbonyl (C=O) groups excluding carboxylic acids is 2. The second-order valence-electron chi connectivity index (χ2n) is 15.8. The van der Waals surface area contributed by atoms with Gasteiger partial charge in [0.25, 0.3) is 20.0 Å². The highest BCUT2D eigenvalue weighted by atomic mass is 35.5. The molecular weight excluding hydrogens is 723 g/mol. The summed E-state index contributed by atoms with van der Waals surface area (Å²) in [5, 5.41) is 14.9. The Morgan fingerprint density at radius 1 is 0.620 bits per heavy atom. The summed E-state index contributed by atoms with van der Waals surface area (Å²) < 4.78 is 55.0. The molecule has 0 aromatic heterocycles. The van der Waals surface area contributed by atoms with E-state index >= 15 is 0 Å². The maximum atomic E-state index is 12.7. The lowest BCUT2D eigenvalue weighted by Crippen LogP contribution is -2.47. The van der Waals surface area contributed by atoms with Crippen LogP contribution in [0.4, 0.5) is 9.59 Å². The third-order valence-electron chi connectivity index (χ3n) is 8.83. The average Bonchev–Trinajstić information content (AvgIpc) is 2.96. The first-order valence-electron chi connectivity index (χ1n) is 16.2. The van der Waals surface area contributed by atoms with Crippen molar-refractivity contribution in [2.75, 3.05) is 13.1 Å². The lowest BCUT2D eigenvalue weighted by atomic mass is 9.63. The lowest BCUT2D eigenvalue weighted by molar-refractivity contribution is 0.158. The number of nitrogens with one attached hydrogen (secondary N) is 4. The Morgan fingerprint density at radius 3 is 1.30 bits per heavy atom. The molecule has 2 fully saturated rings. The van der Waals surface area contributed by atoms with Gasteiger partial charge >= 0.3 is 12.1 Å². The SMILES string of the molecule is CC1(C)C/C(=N/N=C2\CC(C)(C)CC(C)(CNC(=O)NS(=O)(=O)c3ccccc3Cl)C2)CC(C)(CNC(=O)NS(=O)(=O)c2ccccc2Cl)C1. The highest BCUT2D eigenvalue weighted by Gasteiger charge is 2.42. The number of rotatable bonds is 9. The van der Waals surface area contributed by atoms with E-state index in [1.807, 2.05) is 23.3 Å². The van der Waals surface area contributed by atoms with E-state index < -0.39 is 42.9 Å². The molecule has 2 atom stereocenters. The molecule has 0 spiro atoms. The van der Waals surface area contributed by atoms with Crippen LogP contribution in [0.3, 0.4) is 0 Å². The normalized spacial score (nSPS) is 25.1. The van der Waals surface area contributed by atoms with Crippen LogP contribution < -0.4 is 20.1 Å². The predicted molar refractivity (Wildman–Crippen MR) is 197 cm³/mol. The first kappa shape index (κ1) is 39.6. The van der Waals surface area contributed by atoms with Crippen LogP contribution in [-0.4, -0.2) is 53.4 Å². The predicted octanol–water partition coefficient (Wildman–Crippen LogP) is 6.90. The number of benzene rings is 2. The van der Waals surface area contributed by atoms with Gasteiger partial charge in [-0.1, -0.05) is 89.0 Å². The van der Waals surface area contributed by atoms with Crippen molar-refractivity contribution in [3.05, 3.63) is 58.6 Å². The number of amides is 4. The second kappa shape index (κ2) is 14.8. The number of nitrogens with zero attached hydrogens (tertiary/aromatic N) is 2. The van der Waals surface area contributed by atoms with Crippen molar-refractivity contribution in [2.24, 2.45) is 31.9 Å². The third-order valence-corrected chi connectivity index (χ3v) is 12.5. The quantitative estimate of drug-likeness (QED) is 0.202. The van der Waals surface area contributed by atoms with Crippen molar-refractivity contribution < 1.29 is 26.4 Å². The summed E-state index contributed by atoms with van der Waals surface area (Å²) in [4.78, 5) is 25.0. The van der Waals surface area contributed by atoms with E-state index in [1.54, 1.807) is 12.1 Å². The Morgan fingerprint density at radius 2 is 0.960 bits per heavy atom. The molecule has 50 heavy (non-hydrogen) atoms. The van der Waals surface area contributed by atoms with Gasteiger partial charge in [0.05, 0.1) is 10.0 Å². The molecule has 2 aromatic carbocycles. The molecule has 0 radical (unpaired) electrons. The molecule has 2 aliphatic rings. The standard InChI is InChI=1S/C34H46Cl2N6O6S2/c1-31(2)15-23(17-33(5,19-31)21-37-29(43)41-49(45,46)27-13-9-7-11-25(27)35)39-40-24-16-32(3,4)20-34(6,18-24)22-38-30(44)42-50(47,48)28-14-10-8-12-26(28)36/h7-14H,15-22H2,1-6H3,(H2,37,41,43)(H2,38,42,44)/b39-23-,40-24+. The van der Waals surface area contributed by atoms with E-state index in [1.165, 1.54) is 36.4 Å². The molecule has 2 saturated carbocycles. The molecule has 274 valence electrons. The molecule has 12 nitrogen and oxygen atoms in total. The zero-order valence-corrected chi connectivity index (χ0v) is 32.3. The van der Waals surface area contributed by atoms with Crippen LogP contribution >= 0.6 is 23.2 Å². The van der Waals surface area contributed by atoms with Gasteiger partial charge in [0.1, 0.15) is 9.79 Å². The van der Waals surface area contributed by atoms with Gasteiger partial charge in [-0.05, 0) is 84.5 Å². The minimum atomic E-state index is -4.16. The maximum Gasteiger partial charge on any atom is 0.328 e. The fourth-order valence-corrected chi connectivity index (χ4v) is 10.5. The minimum Gasteiger partial charge on any atom is -0.337 e. The van der Waals surface area contributed by atoms with E-state index in [9.17, 15) is 26.4 Å². The second-order valence-corrected chi connectivity index (χ2v) is 19.9. The van der Waals surface area contributed by atoms with Crippen LogP contribution in [0.2, 0.25) is 10.0 Å². The van der Waals surface area contributed by atoms with Crippen LogP contribution in [0.15, 0.2) is 68.5 Å². The summed E-state index contributed by atoms with van der Waals surface area (Å²) in [7, 11) is -8.32. The Balaban J connectivity index is 1.41. The summed E-state index contributed by atoms with van der Waals surface area (Å²) in [6, 6.07) is 10.1. The summed E-state index contributed by atoms with van der Waals surface area (Å²) in [6.07, 6.45) is 4.03. The van der Waals surface area contributed by atoms with Crippen molar-refractivity contribution in [3.63, 3.8) is 0 Å². The van der Waals surface area contributed by atoms with E-state index in [-0.39, 0.29) is 43.8 Å². The monoisotopic (exact) mass is 768 g/mol. The maximum absolute atomic E-state index is 12.7. The van der Waals surface area contributed by atoms with Crippen LogP contribution in [0.1, 0.15) is 80.1 Å². The minimum absolute atomic E-state index is 0.0136. The largest absolute Gasteiger partial charge is 0.337 e. The van der Waals surface area contributed by atoms with Crippen molar-refractivity contribution in [2.45, 2.75) is 89.9 Å². The number of hydrogen-bond donors (Lipinski definition) is 4. The number of hydrogen-bond acceptors (Lipinski definition) is 8. The molecular formula is C34H46Cl2N6O6S2. The van der Waals surface area contributed by atoms with Crippen LogP contribution in [0.5, 0.6) is 0 Å². The third kappa shape index (κ3) is 10.7. The summed E-state index contributed by atoms with van der Waals surface area (Å²) in [5.74, 6) is 0. The molecule has 4 amide bonds. The van der Waals surface area contributed by atoms with Crippen LogP contribution in [0.25, 0.3) is 0 Å². The summed E-state index contributed by atoms with van der Waals surface area (Å²) >= 11 is 12.1. The molecule has 4 N–H and O–H groups in total. The fraction of sp³-hybridized carbons (Fsp3) is 0.529. The van der Waals surface area contributed by atoms with E-state index in [4.69, 9.17) is 33.4 Å². The van der Waals surface area contributed by atoms with Gasteiger partial charge in [-0.25, -0.2) is 35.9 Å². The Kier molecular flexibility index (Phi) is 11.7. The van der Waals surface area contributed by atoms with Crippen molar-refractivity contribution >= 4 is 66.7 Å². The molecule has 2 aromatic rings. The molecule has 2 aliphatic carbocycles. The number of urea groups is 2. The highest BCUT2D eigenvalue weighted by Crippen LogP contribution is 2.46. The first-order chi connectivity index (χ1) is 23.0. The molecule has 0 heterocycles. The van der Waals surface area contributed by atoms with Crippen molar-refractivity contribution in [1.29, 1.82) is 0 Å². The van der Waals surface area contributed by atoms with Crippen molar-refractivity contribution in [1.82, 2.24) is 20.1 Å². The molecule has 0 aliphatic heterocycles. The van der Waals surface area contributed by atoms with E-state index in [0.717, 1.165) is 24.3 Å². The first-order valence-corrected chi connectivity index (χ1v) is 20.0. The van der Waals surface area contributed by atoms with Gasteiger partial charge in [0, 0.05) is 24.5 Å². The number of sulfonamides is 2. The summed E-state index contributed by atoms with van der Waals surface area (Å²) in [6.45, 7) is 13.0. The molecule has 16 heteroatoms. The van der Waals surface area contributed by atoms with E-state index in [0.29, 0.717) is 25.7 Å². The molecule has 2 unspecified atom stereocenters. The number of carbonyl (C=O) groups is 2. The van der Waals surface area contributed by atoms with Gasteiger partial charge in [-0.15, -0.1) is 0 Å². The fourth-order valence-electron chi connectivity index (χ4n) is 7.65. The molecule has 4 rings (SSSR count). The van der Waals surface area contributed by atoms with Crippen molar-refractivity contribution in [3.8, 4) is 0 Å². The lowest BCUT2D eigenvalue weighted by Gasteiger charge is -2.44. The highest BCUT2D eigenvalue weighted by molar-refractivity contribution is 7.90. The smallest absolute Gasteiger partial charge is 0.328 e. The summed E-state index contributed by atoms with van der Waals surface area (Å²) in [5.41, 5.74) is 0.581. The van der Waals surface area contributed by atoms with E-state index in [2.05, 4.69) is 38.3 Å². The van der Waals surface area contributed by atoms with Gasteiger partial charge < -0.3 is 10.6 Å². The topological polar surface area (TPSA) is 175 Å². The van der Waals surface area contributed by atoms with Crippen LogP contribution in [-0.2, 0) is 20.0 Å². The zero-order chi connectivity index (χ0) is 37.2. The number of halogens is 2. The zero-order valence-electron chi connectivity index (χ0n) is 29.2. The Labute approximate surface area is 305 Å². The van der Waals surface area contributed by atoms with Gasteiger partial charge in [0.2, 0.25) is 0 Å².